The molecule has 35 nitrogen and oxygen atoms in total. The van der Waals surface area contributed by atoms with Gasteiger partial charge in [-0.05, 0) is 165 Å². The summed E-state index contributed by atoms with van der Waals surface area (Å²) in [6.07, 6.45) is 15.5. The number of aromatic amines is 2. The Bertz CT molecular complexity index is 7520. The number of rotatable bonds is 22. The van der Waals surface area contributed by atoms with E-state index in [2.05, 4.69) is 157 Å². The highest BCUT2D eigenvalue weighted by Gasteiger charge is 2.33. The van der Waals surface area contributed by atoms with Crippen molar-refractivity contribution in [2.75, 3.05) is 148 Å². The smallest absolute Gasteiger partial charge is 0.251 e. The van der Waals surface area contributed by atoms with Crippen LogP contribution in [0, 0.1) is 52.2 Å². The molecule has 9 aliphatic rings. The number of aromatic nitrogens is 11. The number of benzene rings is 7. The average molecular weight is 2020 g/mol. The molecule has 0 aliphatic carbocycles. The first-order valence-electron chi connectivity index (χ1n) is 50.0. The lowest BCUT2D eigenvalue weighted by Gasteiger charge is -2.33. The summed E-state index contributed by atoms with van der Waals surface area (Å²) >= 11 is 1.59. The molecule has 16 heterocycles. The fraction of sp³-hybridized carbons (Fsp3) is 0.351. The minimum absolute atomic E-state index is 0.0717. The Morgan fingerprint density at radius 3 is 1.24 bits per heavy atom. The number of aliphatic hydroxyl groups excluding tert-OH is 1. The zero-order chi connectivity index (χ0) is 102. The van der Waals surface area contributed by atoms with Crippen molar-refractivity contribution in [3.05, 3.63) is 244 Å². The van der Waals surface area contributed by atoms with E-state index in [4.69, 9.17) is 62.6 Å². The Hall–Kier alpha value is -15.2. The maximum atomic E-state index is 12.1. The molecule has 0 bridgehead atoms. The lowest BCUT2D eigenvalue weighted by atomic mass is 10.0. The third-order valence-electron chi connectivity index (χ3n) is 27.5. The molecule has 3 N–H and O–H groups in total. The first-order chi connectivity index (χ1) is 72.4. The van der Waals surface area contributed by atoms with Crippen LogP contribution in [0.1, 0.15) is 114 Å². The molecule has 0 saturated carbocycles. The number of likely N-dealkylation sites (tertiary alicyclic amines) is 1. The van der Waals surface area contributed by atoms with Crippen LogP contribution in [-0.4, -0.2) is 268 Å². The quantitative estimate of drug-likeness (QED) is 0.0567. The maximum absolute atomic E-state index is 12.1. The topological polar surface area (TPSA) is 438 Å². The molecule has 0 spiro atoms. The summed E-state index contributed by atoms with van der Waals surface area (Å²) in [6.45, 7) is 19.1. The number of nitriles is 4. The predicted octanol–water partition coefficient (Wildman–Crippen LogP) is 15.7. The Morgan fingerprint density at radius 2 is 0.824 bits per heavy atom. The minimum Gasteiger partial charge on any atom is -0.489 e. The number of anilines is 2. The van der Waals surface area contributed by atoms with Gasteiger partial charge in [-0.1, -0.05) is 36.4 Å². The second-order valence-corrected chi connectivity index (χ2v) is 40.6. The maximum Gasteiger partial charge on any atom is 0.251 e. The van der Waals surface area contributed by atoms with Crippen LogP contribution in [-0.2, 0) is 57.9 Å². The molecule has 754 valence electrons. The molecule has 9 aliphatic heterocycles. The number of pyridine rings is 2. The van der Waals surface area contributed by atoms with Crippen LogP contribution in [0.5, 0.6) is 23.0 Å². The summed E-state index contributed by atoms with van der Waals surface area (Å²) in [4.78, 5) is 79.6. The van der Waals surface area contributed by atoms with E-state index in [0.29, 0.717) is 148 Å². The van der Waals surface area contributed by atoms with Gasteiger partial charge in [-0.25, -0.2) is 57.6 Å². The first kappa shape index (κ1) is 100. The zero-order valence-electron chi connectivity index (χ0n) is 82.3. The van der Waals surface area contributed by atoms with Gasteiger partial charge in [0.15, 0.2) is 0 Å². The third kappa shape index (κ3) is 23.6. The van der Waals surface area contributed by atoms with Crippen LogP contribution in [0.3, 0.4) is 0 Å². The number of morpholine rings is 3. The van der Waals surface area contributed by atoms with Crippen LogP contribution in [0.15, 0.2) is 199 Å². The first-order valence-corrected chi connectivity index (χ1v) is 52.7. The van der Waals surface area contributed by atoms with E-state index in [0.717, 1.165) is 239 Å². The average Bonchev–Trinajstić information content (AvgIpc) is 1.62. The van der Waals surface area contributed by atoms with Crippen molar-refractivity contribution >= 4 is 83.5 Å². The fourth-order valence-electron chi connectivity index (χ4n) is 19.4. The number of aliphatic hydroxyl groups is 1. The second kappa shape index (κ2) is 46.2. The second-order valence-electron chi connectivity index (χ2n) is 37.4. The number of piperidine rings is 2. The Balaban J connectivity index is 0.000000120. The van der Waals surface area contributed by atoms with Gasteiger partial charge < -0.3 is 72.4 Å². The molecule has 1 amide bonds. The van der Waals surface area contributed by atoms with Crippen molar-refractivity contribution in [3.8, 4) is 114 Å². The summed E-state index contributed by atoms with van der Waals surface area (Å²) < 4.78 is 76.7. The summed E-state index contributed by atoms with van der Waals surface area (Å²) in [5, 5.41) is 49.8. The molecule has 7 aromatic carbocycles. The van der Waals surface area contributed by atoms with E-state index in [1.807, 2.05) is 73.8 Å². The van der Waals surface area contributed by atoms with Crippen LogP contribution in [0.25, 0.3) is 89.2 Å². The standard InChI is InChI=1S/C31H32N6O4.C29H30N6O4S.C29H29N5O3.C22H19N5O2S/c1-20(38)31(39)37-12-9-25(10-13-37)41-27-7-4-22(18-23(27)19-32)28-29-26(8-11-33-28)34-30(35-29)21-2-5-24(6-3-21)36-14-16-40-17-15-36;1-40(36,37)35-10-8-24(9-11-35)39-27-7-4-21(16-22(27)18-30)28-29-26(31-19-32-28)17-25(33-29)20-2-5-23(6-3-20)34-12-14-38-15-13-34;30-17-23-15-22(5-6-27(23)37-24-7-11-35-12-8-24)28-29-26(31-19-32-28)16-25(33-29)21-3-1-20(2-4-21)18-34-9-13-36-14-10-34;1-13-25-12-19(30-13)22-26-17-4-7-24-20(21(17)27-22)14-2-3-18(15(10-14)11-23)29-16-5-8-28-9-6-16/h2-8,11,18,20,25,38H,9-10,12-17H2,1H3,(H,34,35);2-7,16,19,24H,8-15,17H2,1H3;1-6,15,19,24H,7-14,16,18H2;2-4,7,10,12,16H,5-6,8-9H2,1H3,(H,26,27). The highest BCUT2D eigenvalue weighted by Crippen LogP contribution is 2.43. The lowest BCUT2D eigenvalue weighted by Crippen LogP contribution is -2.45. The number of hydrogen-bond donors (Lipinski definition) is 3. The number of sulfonamides is 1. The highest BCUT2D eigenvalue weighted by molar-refractivity contribution is 7.88. The van der Waals surface area contributed by atoms with Crippen molar-refractivity contribution in [1.29, 1.82) is 21.0 Å². The van der Waals surface area contributed by atoms with Crippen LogP contribution in [0.2, 0.25) is 0 Å². The molecule has 1 atom stereocenters. The fourth-order valence-corrected chi connectivity index (χ4v) is 21.0. The molecule has 1 unspecified atom stereocenters. The molecule has 7 fully saturated rings. The monoisotopic (exact) mass is 2020 g/mol. The van der Waals surface area contributed by atoms with E-state index < -0.39 is 16.1 Å². The number of hydrogen-bond acceptors (Lipinski definition) is 32. The van der Waals surface area contributed by atoms with Crippen molar-refractivity contribution in [1.82, 2.24) is 68.9 Å². The number of nitrogens with zero attached hydrogens (tertiary/aromatic N) is 20. The number of thiazole rings is 1. The van der Waals surface area contributed by atoms with E-state index >= 15 is 0 Å². The normalized spacial score (nSPS) is 17.1. The van der Waals surface area contributed by atoms with E-state index in [1.165, 1.54) is 34.4 Å². The number of ether oxygens (including phenoxy) is 9. The highest BCUT2D eigenvalue weighted by atomic mass is 32.2. The van der Waals surface area contributed by atoms with Gasteiger partial charge in [0.05, 0.1) is 161 Å². The lowest BCUT2D eigenvalue weighted by molar-refractivity contribution is -0.141. The zero-order valence-corrected chi connectivity index (χ0v) is 83.9. The molecule has 0 radical (unpaired) electrons. The summed E-state index contributed by atoms with van der Waals surface area (Å²) in [5.41, 5.74) is 23.0. The number of fused-ring (bicyclic) bond motifs is 4. The van der Waals surface area contributed by atoms with Gasteiger partial charge >= 0.3 is 0 Å². The Labute approximate surface area is 860 Å². The predicted molar refractivity (Wildman–Crippen MR) is 559 cm³/mol. The van der Waals surface area contributed by atoms with Crippen molar-refractivity contribution < 1.29 is 61.0 Å². The number of H-pyrrole nitrogens is 2. The Kier molecular flexibility index (Phi) is 31.3. The van der Waals surface area contributed by atoms with Crippen LogP contribution in [0.4, 0.5) is 22.7 Å². The van der Waals surface area contributed by atoms with Crippen molar-refractivity contribution in [2.45, 2.75) is 115 Å². The largest absolute Gasteiger partial charge is 0.489 e. The molecule has 14 aromatic rings. The molecule has 7 aromatic heterocycles. The summed E-state index contributed by atoms with van der Waals surface area (Å²) in [7, 11) is -3.21. The molecule has 37 heteroatoms. The number of carbonyl (C=O) groups is 1. The van der Waals surface area contributed by atoms with Gasteiger partial charge in [0.2, 0.25) is 10.0 Å². The van der Waals surface area contributed by atoms with Gasteiger partial charge in [0.1, 0.15) is 125 Å². The van der Waals surface area contributed by atoms with Gasteiger partial charge in [0, 0.05) is 181 Å². The van der Waals surface area contributed by atoms with Gasteiger partial charge in [0.25, 0.3) is 5.91 Å². The number of imidazole rings is 2. The van der Waals surface area contributed by atoms with Crippen LogP contribution < -0.4 is 28.7 Å². The van der Waals surface area contributed by atoms with Crippen molar-refractivity contribution in [2.24, 2.45) is 9.98 Å². The summed E-state index contributed by atoms with van der Waals surface area (Å²) in [5.74, 6) is 3.45. The van der Waals surface area contributed by atoms with Crippen molar-refractivity contribution in [3.63, 3.8) is 0 Å². The van der Waals surface area contributed by atoms with E-state index in [1.54, 1.807) is 65.6 Å². The number of carbonyl (C=O) groups excluding carboxylic acids is 1. The number of amides is 1. The number of aryl methyl sites for hydroxylation is 1. The molecule has 23 rings (SSSR count). The molecule has 148 heavy (non-hydrogen) atoms. The van der Waals surface area contributed by atoms with E-state index in [-0.39, 0.29) is 30.3 Å². The van der Waals surface area contributed by atoms with Crippen LogP contribution >= 0.6 is 11.3 Å². The van der Waals surface area contributed by atoms with E-state index in [9.17, 15) is 39.4 Å². The number of nitrogens with one attached hydrogen (secondary N) is 2. The molecular weight excluding hydrogens is 1910 g/mol. The number of aliphatic imine (C=N–C) groups is 2. The van der Waals surface area contributed by atoms with Gasteiger partial charge in [-0.3, -0.25) is 19.7 Å². The van der Waals surface area contributed by atoms with Gasteiger partial charge in [-0.2, -0.15) is 21.0 Å². The summed E-state index contributed by atoms with van der Waals surface area (Å²) in [6, 6.07) is 60.5. The molecule has 7 saturated heterocycles. The SMILES string of the molecule is CC(O)C(=O)N1CCC(Oc2ccc(-c3nccc4[nH]c(-c5ccc(N6CCOCC6)cc5)nc34)cc2C#N)CC1.CS(=O)(=O)N1CCC(Oc2ccc(-c3ncnc4c3N=C(c3ccc(N5CCOCC5)cc3)C4)cc2C#N)CC1.Cc1ncc(-c2nc3c(-c4ccc(OC5CCOCC5)c(C#N)c4)nccc3[nH]2)s1.N#Cc1cc(-c2ncnc3c2N=C(c2ccc(CN4CCOCC4)cc2)C3)ccc1OC1CCOCC1. The van der Waals surface area contributed by atoms with Gasteiger partial charge in [-0.15, -0.1) is 11.3 Å². The third-order valence-corrected chi connectivity index (χ3v) is 29.7. The minimum atomic E-state index is -3.21. The Morgan fingerprint density at radius 1 is 0.446 bits per heavy atom. The molecular formula is C111H110N22O13S2.